The molecule has 1 heterocycles. The minimum Gasteiger partial charge on any atom is -0.348 e. The van der Waals surface area contributed by atoms with Crippen molar-refractivity contribution in [3.05, 3.63) is 35.4 Å². The standard InChI is InChI=1S/C9H7BrO2/c10-9(6-11)8-4-2-1-3-7(8)5-12-9/h1-4,6H,5H2. The Bertz CT molecular complexity index is 324. The fourth-order valence-electron chi connectivity index (χ4n) is 1.34. The maximum Gasteiger partial charge on any atom is 0.204 e. The Kier molecular flexibility index (Phi) is 1.77. The van der Waals surface area contributed by atoms with Crippen molar-refractivity contribution < 1.29 is 9.53 Å². The highest BCUT2D eigenvalue weighted by Crippen LogP contribution is 2.39. The number of hydrogen-bond acceptors (Lipinski definition) is 2. The lowest BCUT2D eigenvalue weighted by atomic mass is 10.1. The minimum atomic E-state index is -0.899. The highest BCUT2D eigenvalue weighted by Gasteiger charge is 2.36. The van der Waals surface area contributed by atoms with Gasteiger partial charge in [0.15, 0.2) is 6.29 Å². The summed E-state index contributed by atoms with van der Waals surface area (Å²) in [5.74, 6) is 0. The summed E-state index contributed by atoms with van der Waals surface area (Å²) in [6.07, 6.45) is 0.777. The number of carbonyl (C=O) groups excluding carboxylic acids is 1. The van der Waals surface area contributed by atoms with Gasteiger partial charge in [-0.15, -0.1) is 0 Å². The van der Waals surface area contributed by atoms with Crippen molar-refractivity contribution in [2.45, 2.75) is 11.1 Å². The molecular weight excluding hydrogens is 220 g/mol. The van der Waals surface area contributed by atoms with Gasteiger partial charge in [0.05, 0.1) is 6.61 Å². The SMILES string of the molecule is O=CC1(Br)OCc2ccccc21. The van der Waals surface area contributed by atoms with Crippen LogP contribution in [0.4, 0.5) is 0 Å². The van der Waals surface area contributed by atoms with Gasteiger partial charge in [-0.05, 0) is 21.5 Å². The molecule has 1 aliphatic heterocycles. The van der Waals surface area contributed by atoms with E-state index in [1.807, 2.05) is 24.3 Å². The molecule has 1 aromatic rings. The Balaban J connectivity index is 2.56. The first-order chi connectivity index (χ1) is 5.76. The monoisotopic (exact) mass is 226 g/mol. The number of carbonyl (C=O) groups is 1. The van der Waals surface area contributed by atoms with Crippen molar-refractivity contribution in [2.75, 3.05) is 0 Å². The van der Waals surface area contributed by atoms with Crippen LogP contribution < -0.4 is 0 Å². The number of benzene rings is 1. The smallest absolute Gasteiger partial charge is 0.204 e. The molecule has 0 fully saturated rings. The fraction of sp³-hybridized carbons (Fsp3) is 0.222. The second-order valence-corrected chi connectivity index (χ2v) is 3.89. The van der Waals surface area contributed by atoms with Crippen LogP contribution in [0.15, 0.2) is 24.3 Å². The van der Waals surface area contributed by atoms with Gasteiger partial charge >= 0.3 is 0 Å². The molecule has 2 rings (SSSR count). The third-order valence-corrected chi connectivity index (χ3v) is 2.82. The predicted octanol–water partition coefficient (Wildman–Crippen LogP) is 1.96. The molecule has 0 radical (unpaired) electrons. The third kappa shape index (κ3) is 1.01. The van der Waals surface area contributed by atoms with Gasteiger partial charge in [0.2, 0.25) is 4.51 Å². The molecule has 1 atom stereocenters. The van der Waals surface area contributed by atoms with E-state index < -0.39 is 4.51 Å². The number of halogens is 1. The van der Waals surface area contributed by atoms with E-state index in [2.05, 4.69) is 15.9 Å². The topological polar surface area (TPSA) is 26.3 Å². The molecule has 0 amide bonds. The van der Waals surface area contributed by atoms with E-state index in [0.29, 0.717) is 6.61 Å². The third-order valence-electron chi connectivity index (χ3n) is 1.97. The number of rotatable bonds is 1. The van der Waals surface area contributed by atoms with Crippen LogP contribution in [0, 0.1) is 0 Å². The second kappa shape index (κ2) is 2.68. The quantitative estimate of drug-likeness (QED) is 0.541. The highest BCUT2D eigenvalue weighted by atomic mass is 79.9. The first-order valence-corrected chi connectivity index (χ1v) is 4.43. The van der Waals surface area contributed by atoms with Gasteiger partial charge in [0.25, 0.3) is 0 Å². The van der Waals surface area contributed by atoms with Crippen LogP contribution >= 0.6 is 15.9 Å². The maximum atomic E-state index is 10.7. The van der Waals surface area contributed by atoms with Crippen LogP contribution in [0.2, 0.25) is 0 Å². The number of alkyl halides is 1. The zero-order valence-corrected chi connectivity index (χ0v) is 7.87. The van der Waals surface area contributed by atoms with Crippen molar-refractivity contribution in [1.29, 1.82) is 0 Å². The van der Waals surface area contributed by atoms with Crippen LogP contribution in [-0.4, -0.2) is 6.29 Å². The van der Waals surface area contributed by atoms with E-state index in [1.165, 1.54) is 0 Å². The Hall–Kier alpha value is -0.670. The zero-order valence-electron chi connectivity index (χ0n) is 6.29. The average Bonchev–Trinajstić information content (AvgIpc) is 2.46. The Morgan fingerprint density at radius 3 is 3.00 bits per heavy atom. The molecule has 3 heteroatoms. The zero-order chi connectivity index (χ0) is 8.60. The predicted molar refractivity (Wildman–Crippen MR) is 47.9 cm³/mol. The summed E-state index contributed by atoms with van der Waals surface area (Å²) in [5.41, 5.74) is 1.99. The summed E-state index contributed by atoms with van der Waals surface area (Å²) in [5, 5.41) is 0. The molecule has 0 aliphatic carbocycles. The van der Waals surface area contributed by atoms with Gasteiger partial charge < -0.3 is 4.74 Å². The van der Waals surface area contributed by atoms with E-state index in [4.69, 9.17) is 4.74 Å². The molecule has 0 bridgehead atoms. The van der Waals surface area contributed by atoms with Gasteiger partial charge in [-0.3, -0.25) is 4.79 Å². The second-order valence-electron chi connectivity index (χ2n) is 2.71. The van der Waals surface area contributed by atoms with Gasteiger partial charge in [0.1, 0.15) is 0 Å². The number of hydrogen-bond donors (Lipinski definition) is 0. The normalized spacial score (nSPS) is 26.8. The number of aldehydes is 1. The van der Waals surface area contributed by atoms with Crippen LogP contribution in [0.5, 0.6) is 0 Å². The van der Waals surface area contributed by atoms with Gasteiger partial charge in [-0.2, -0.15) is 0 Å². The number of ether oxygens (including phenoxy) is 1. The summed E-state index contributed by atoms with van der Waals surface area (Å²) >= 11 is 3.25. The van der Waals surface area contributed by atoms with Crippen LogP contribution in [0.3, 0.4) is 0 Å². The molecule has 0 saturated carbocycles. The highest BCUT2D eigenvalue weighted by molar-refractivity contribution is 9.10. The molecule has 0 aromatic heterocycles. The van der Waals surface area contributed by atoms with Crippen molar-refractivity contribution in [2.24, 2.45) is 0 Å². The lowest BCUT2D eigenvalue weighted by Gasteiger charge is -2.13. The molecular formula is C9H7BrO2. The molecule has 0 N–H and O–H groups in total. The van der Waals surface area contributed by atoms with E-state index in [0.717, 1.165) is 17.4 Å². The Morgan fingerprint density at radius 2 is 2.25 bits per heavy atom. The van der Waals surface area contributed by atoms with Crippen LogP contribution in [0.1, 0.15) is 11.1 Å². The van der Waals surface area contributed by atoms with Gasteiger partial charge in [-0.25, -0.2) is 0 Å². The first-order valence-electron chi connectivity index (χ1n) is 3.64. The van der Waals surface area contributed by atoms with Crippen molar-refractivity contribution in [1.82, 2.24) is 0 Å². The lowest BCUT2D eigenvalue weighted by Crippen LogP contribution is -2.17. The fourth-order valence-corrected chi connectivity index (χ4v) is 1.84. The lowest BCUT2D eigenvalue weighted by molar-refractivity contribution is -0.120. The maximum absolute atomic E-state index is 10.7. The van der Waals surface area contributed by atoms with Crippen molar-refractivity contribution >= 4 is 22.2 Å². The van der Waals surface area contributed by atoms with Gasteiger partial charge in [0, 0.05) is 5.56 Å². The van der Waals surface area contributed by atoms with Crippen molar-refractivity contribution in [3.8, 4) is 0 Å². The first kappa shape index (κ1) is 7.95. The summed E-state index contributed by atoms with van der Waals surface area (Å²) in [6, 6.07) is 7.69. The molecule has 62 valence electrons. The average molecular weight is 227 g/mol. The van der Waals surface area contributed by atoms with Crippen molar-refractivity contribution in [3.63, 3.8) is 0 Å². The van der Waals surface area contributed by atoms with Crippen LogP contribution in [0.25, 0.3) is 0 Å². The molecule has 1 aliphatic rings. The minimum absolute atomic E-state index is 0.500. The molecule has 2 nitrogen and oxygen atoms in total. The summed E-state index contributed by atoms with van der Waals surface area (Å²) in [6.45, 7) is 0.500. The Labute approximate surface area is 78.7 Å². The summed E-state index contributed by atoms with van der Waals surface area (Å²) in [4.78, 5) is 10.7. The Morgan fingerprint density at radius 1 is 1.50 bits per heavy atom. The molecule has 1 aromatic carbocycles. The molecule has 0 spiro atoms. The van der Waals surface area contributed by atoms with Crippen LogP contribution in [-0.2, 0) is 20.6 Å². The molecule has 12 heavy (non-hydrogen) atoms. The van der Waals surface area contributed by atoms with E-state index >= 15 is 0 Å². The number of fused-ring (bicyclic) bond motifs is 1. The largest absolute Gasteiger partial charge is 0.348 e. The molecule has 0 saturated heterocycles. The molecule has 1 unspecified atom stereocenters. The van der Waals surface area contributed by atoms with E-state index in [9.17, 15) is 4.79 Å². The van der Waals surface area contributed by atoms with E-state index in [1.54, 1.807) is 0 Å². The summed E-state index contributed by atoms with van der Waals surface area (Å²) < 4.78 is 4.41. The van der Waals surface area contributed by atoms with E-state index in [-0.39, 0.29) is 0 Å². The van der Waals surface area contributed by atoms with Gasteiger partial charge in [-0.1, -0.05) is 24.3 Å². The summed E-state index contributed by atoms with van der Waals surface area (Å²) in [7, 11) is 0.